The van der Waals surface area contributed by atoms with Crippen molar-refractivity contribution >= 4 is 61.5 Å². The number of non-ortho nitro benzene ring substituents is 1. The summed E-state index contributed by atoms with van der Waals surface area (Å²) in [6, 6.07) is 18.4. The number of carboxylic acids is 1. The van der Waals surface area contributed by atoms with Crippen LogP contribution < -0.4 is 4.90 Å². The predicted molar refractivity (Wildman–Crippen MR) is 138 cm³/mol. The van der Waals surface area contributed by atoms with E-state index in [4.69, 9.17) is 5.26 Å². The van der Waals surface area contributed by atoms with Gasteiger partial charge in [0.25, 0.3) is 5.69 Å². The van der Waals surface area contributed by atoms with E-state index < -0.39 is 10.9 Å². The number of nitro benzene ring substituents is 1. The number of nitriles is 1. The Labute approximate surface area is 209 Å². The topological polar surface area (TPSA) is 145 Å². The number of fused-ring (bicyclic) bond motifs is 1. The minimum atomic E-state index is -1.07. The summed E-state index contributed by atoms with van der Waals surface area (Å²) in [5.41, 5.74) is 3.10. The van der Waals surface area contributed by atoms with Crippen LogP contribution in [-0.4, -0.2) is 27.5 Å². The molecule has 4 rings (SSSR count). The van der Waals surface area contributed by atoms with Gasteiger partial charge in [0.05, 0.1) is 44.6 Å². The Kier molecular flexibility index (Phi) is 7.08. The molecule has 0 aliphatic rings. The Bertz CT molecular complexity index is 1540. The third-order valence-corrected chi connectivity index (χ3v) is 6.11. The van der Waals surface area contributed by atoms with Gasteiger partial charge in [-0.3, -0.25) is 10.1 Å². The molecular weight excluding hydrogens is 480 g/mol. The molecule has 178 valence electrons. The number of hydrogen-bond acceptors (Lipinski definition) is 9. The minimum Gasteiger partial charge on any atom is -0.478 e. The summed E-state index contributed by atoms with van der Waals surface area (Å²) in [7, 11) is 0. The van der Waals surface area contributed by atoms with Crippen molar-refractivity contribution in [1.82, 2.24) is 4.98 Å². The molecule has 0 fully saturated rings. The number of carboxylic acid groups (broad SMARTS) is 1. The first-order chi connectivity index (χ1) is 17.4. The molecule has 1 heterocycles. The van der Waals surface area contributed by atoms with Crippen LogP contribution in [0.25, 0.3) is 16.3 Å². The van der Waals surface area contributed by atoms with Crippen molar-refractivity contribution in [1.29, 1.82) is 5.26 Å². The molecule has 1 aromatic heterocycles. The first-order valence-electron chi connectivity index (χ1n) is 10.6. The Morgan fingerprint density at radius 3 is 2.64 bits per heavy atom. The third-order valence-electron chi connectivity index (χ3n) is 5.21. The molecular formula is C25H18N6O4S. The lowest BCUT2D eigenvalue weighted by Crippen LogP contribution is -2.21. The summed E-state index contributed by atoms with van der Waals surface area (Å²) < 4.78 is 0.637. The van der Waals surface area contributed by atoms with Gasteiger partial charge in [-0.15, -0.1) is 10.2 Å². The van der Waals surface area contributed by atoms with Crippen molar-refractivity contribution in [2.24, 2.45) is 10.2 Å². The van der Waals surface area contributed by atoms with E-state index in [1.807, 2.05) is 0 Å². The van der Waals surface area contributed by atoms with Gasteiger partial charge >= 0.3 is 5.97 Å². The third kappa shape index (κ3) is 5.24. The van der Waals surface area contributed by atoms with Crippen LogP contribution >= 0.6 is 11.3 Å². The molecule has 0 radical (unpaired) electrons. The number of hydrogen-bond donors (Lipinski definition) is 1. The highest BCUT2D eigenvalue weighted by Gasteiger charge is 2.18. The number of anilines is 2. The van der Waals surface area contributed by atoms with E-state index in [2.05, 4.69) is 27.9 Å². The smallest absolute Gasteiger partial charge is 0.337 e. The fourth-order valence-corrected chi connectivity index (χ4v) is 4.31. The zero-order chi connectivity index (χ0) is 25.7. The molecule has 3 aromatic carbocycles. The van der Waals surface area contributed by atoms with E-state index in [1.54, 1.807) is 53.4 Å². The standard InChI is InChI=1S/C25H18N6O4S/c1-2-16-4-10-20(24(32)33)22(14-16)30(13-3-12-26)18-7-5-17(6-8-18)28-29-25-27-21-11-9-19(31(34)35)15-23(21)36-25/h2,4-11,14-15H,1,3,13H2,(H,32,33). The molecule has 36 heavy (non-hydrogen) atoms. The van der Waals surface area contributed by atoms with E-state index in [9.17, 15) is 20.0 Å². The maximum atomic E-state index is 11.8. The van der Waals surface area contributed by atoms with E-state index in [1.165, 1.54) is 29.5 Å². The van der Waals surface area contributed by atoms with Gasteiger partial charge in [-0.05, 0) is 48.0 Å². The lowest BCUT2D eigenvalue weighted by Gasteiger charge is -2.26. The molecule has 0 saturated heterocycles. The molecule has 0 atom stereocenters. The largest absolute Gasteiger partial charge is 0.478 e. The molecule has 1 N–H and O–H groups in total. The number of benzene rings is 3. The van der Waals surface area contributed by atoms with E-state index in [0.717, 1.165) is 5.56 Å². The van der Waals surface area contributed by atoms with Crippen LogP contribution in [0.3, 0.4) is 0 Å². The number of thiazole rings is 1. The molecule has 4 aromatic rings. The monoisotopic (exact) mass is 498 g/mol. The Balaban J connectivity index is 1.62. The van der Waals surface area contributed by atoms with Gasteiger partial charge in [-0.2, -0.15) is 5.26 Å². The average Bonchev–Trinajstić information content (AvgIpc) is 3.30. The van der Waals surface area contributed by atoms with Gasteiger partial charge in [-0.25, -0.2) is 9.78 Å². The van der Waals surface area contributed by atoms with Crippen LogP contribution in [0.15, 0.2) is 77.5 Å². The Morgan fingerprint density at radius 1 is 1.19 bits per heavy atom. The second kappa shape index (κ2) is 10.5. The molecule has 0 saturated carbocycles. The molecule has 0 bridgehead atoms. The summed E-state index contributed by atoms with van der Waals surface area (Å²) in [5.74, 6) is -1.07. The SMILES string of the molecule is C=Cc1ccc(C(=O)O)c(N(CCC#N)c2ccc(N=Nc3nc4ccc([N+](=O)[O-])cc4s3)cc2)c1. The molecule has 0 amide bonds. The fourth-order valence-electron chi connectivity index (χ4n) is 3.49. The molecule has 0 aliphatic heterocycles. The van der Waals surface area contributed by atoms with Crippen molar-refractivity contribution in [2.75, 3.05) is 11.4 Å². The molecule has 0 aliphatic carbocycles. The summed E-state index contributed by atoms with van der Waals surface area (Å²) in [4.78, 5) is 28.4. The van der Waals surface area contributed by atoms with Crippen molar-refractivity contribution in [3.63, 3.8) is 0 Å². The number of aromatic carboxylic acids is 1. The zero-order valence-electron chi connectivity index (χ0n) is 18.7. The van der Waals surface area contributed by atoms with Crippen LogP contribution in [-0.2, 0) is 0 Å². The van der Waals surface area contributed by atoms with Crippen LogP contribution in [0.1, 0.15) is 22.3 Å². The number of rotatable bonds is 9. The van der Waals surface area contributed by atoms with Gasteiger partial charge in [0.1, 0.15) is 0 Å². The maximum absolute atomic E-state index is 11.8. The highest BCUT2D eigenvalue weighted by molar-refractivity contribution is 7.21. The normalized spacial score (nSPS) is 10.9. The number of aromatic nitrogens is 1. The second-order valence-corrected chi connectivity index (χ2v) is 8.48. The summed E-state index contributed by atoms with van der Waals surface area (Å²) >= 11 is 1.19. The van der Waals surface area contributed by atoms with Crippen molar-refractivity contribution in [2.45, 2.75) is 6.42 Å². The summed E-state index contributed by atoms with van der Waals surface area (Å²) in [6.45, 7) is 4.04. The minimum absolute atomic E-state index is 0.0177. The van der Waals surface area contributed by atoms with E-state index >= 15 is 0 Å². The number of nitrogens with zero attached hydrogens (tertiary/aromatic N) is 6. The van der Waals surface area contributed by atoms with Crippen molar-refractivity contribution in [3.05, 3.63) is 88.5 Å². The maximum Gasteiger partial charge on any atom is 0.337 e. The molecule has 0 spiro atoms. The van der Waals surface area contributed by atoms with Gasteiger partial charge in [0, 0.05) is 24.4 Å². The van der Waals surface area contributed by atoms with E-state index in [0.29, 0.717) is 32.4 Å². The highest BCUT2D eigenvalue weighted by atomic mass is 32.1. The van der Waals surface area contributed by atoms with Crippen molar-refractivity contribution in [3.8, 4) is 6.07 Å². The van der Waals surface area contributed by atoms with Crippen molar-refractivity contribution < 1.29 is 14.8 Å². The van der Waals surface area contributed by atoms with Crippen LogP contribution in [0.5, 0.6) is 0 Å². The molecule has 0 unspecified atom stereocenters. The first kappa shape index (κ1) is 24.2. The van der Waals surface area contributed by atoms with Crippen LogP contribution in [0.2, 0.25) is 0 Å². The first-order valence-corrected chi connectivity index (χ1v) is 11.4. The number of nitro groups is 1. The fraction of sp³-hybridized carbons (Fsp3) is 0.0800. The number of azo groups is 1. The van der Waals surface area contributed by atoms with Gasteiger partial charge in [-0.1, -0.05) is 30.1 Å². The lowest BCUT2D eigenvalue weighted by molar-refractivity contribution is -0.384. The van der Waals surface area contributed by atoms with Gasteiger partial charge in [0.15, 0.2) is 0 Å². The molecule has 11 heteroatoms. The quantitative estimate of drug-likeness (QED) is 0.148. The second-order valence-electron chi connectivity index (χ2n) is 7.47. The number of carbonyl (C=O) groups is 1. The Morgan fingerprint density at radius 2 is 1.97 bits per heavy atom. The summed E-state index contributed by atoms with van der Waals surface area (Å²) in [6.07, 6.45) is 1.82. The predicted octanol–water partition coefficient (Wildman–Crippen LogP) is 7.01. The van der Waals surface area contributed by atoms with Gasteiger partial charge in [0.2, 0.25) is 5.13 Å². The van der Waals surface area contributed by atoms with E-state index in [-0.39, 0.29) is 24.2 Å². The summed E-state index contributed by atoms with van der Waals surface area (Å²) in [5, 5.41) is 38.5. The van der Waals surface area contributed by atoms with Crippen LogP contribution in [0.4, 0.5) is 27.9 Å². The molecule has 10 nitrogen and oxygen atoms in total. The Hall–Kier alpha value is -4.95. The lowest BCUT2D eigenvalue weighted by atomic mass is 10.1. The van der Waals surface area contributed by atoms with Gasteiger partial charge < -0.3 is 10.0 Å². The zero-order valence-corrected chi connectivity index (χ0v) is 19.6. The highest BCUT2D eigenvalue weighted by Crippen LogP contribution is 2.34. The van der Waals surface area contributed by atoms with Crippen LogP contribution in [0, 0.1) is 21.4 Å². The average molecular weight is 499 g/mol.